The third-order valence-corrected chi connectivity index (χ3v) is 5.59. The predicted molar refractivity (Wildman–Crippen MR) is 101 cm³/mol. The smallest absolute Gasteiger partial charge is 0.444 e. The van der Waals surface area contributed by atoms with E-state index in [1.807, 2.05) is 48.5 Å². The van der Waals surface area contributed by atoms with Gasteiger partial charge in [-0.15, -0.1) is 0 Å². The van der Waals surface area contributed by atoms with Crippen molar-refractivity contribution in [2.75, 3.05) is 13.1 Å². The van der Waals surface area contributed by atoms with Crippen molar-refractivity contribution in [3.63, 3.8) is 0 Å². The second-order valence-electron chi connectivity index (χ2n) is 9.43. The molecule has 2 saturated heterocycles. The van der Waals surface area contributed by atoms with Crippen LogP contribution in [0.3, 0.4) is 0 Å². The largest absolute Gasteiger partial charge is 0.483 e. The highest BCUT2D eigenvalue weighted by Crippen LogP contribution is 2.38. The number of hydrogen-bond acceptors (Lipinski definition) is 6. The standard InChI is InChI=1S/C18H32BN3O4/c1-16(2,3)24-15(23)22-10-8-9-12(22)14-20-11-13(21-14)19-25-17(4,5)18(6,7)26-19/h12-13H,8-11H2,1-7H3,(H,20,21)/t12-,13?/m1/s1. The molecule has 7 nitrogen and oxygen atoms in total. The number of amidine groups is 1. The third-order valence-electron chi connectivity index (χ3n) is 5.59. The zero-order chi connectivity index (χ0) is 19.3. The van der Waals surface area contributed by atoms with Crippen LogP contribution in [0.15, 0.2) is 4.99 Å². The molecule has 146 valence electrons. The molecule has 1 unspecified atom stereocenters. The molecule has 2 fully saturated rings. The topological polar surface area (TPSA) is 72.4 Å². The first kappa shape index (κ1) is 19.5. The van der Waals surface area contributed by atoms with Gasteiger partial charge in [0.15, 0.2) is 0 Å². The van der Waals surface area contributed by atoms with Gasteiger partial charge in [-0.3, -0.25) is 9.89 Å². The van der Waals surface area contributed by atoms with Gasteiger partial charge in [0.2, 0.25) is 0 Å². The summed E-state index contributed by atoms with van der Waals surface area (Å²) in [6.45, 7) is 15.1. The molecule has 0 spiro atoms. The van der Waals surface area contributed by atoms with Gasteiger partial charge in [-0.1, -0.05) is 0 Å². The molecule has 1 N–H and O–H groups in total. The molecule has 26 heavy (non-hydrogen) atoms. The summed E-state index contributed by atoms with van der Waals surface area (Å²) in [4.78, 5) is 19.0. The van der Waals surface area contributed by atoms with Crippen molar-refractivity contribution in [2.24, 2.45) is 4.99 Å². The highest BCUT2D eigenvalue weighted by atomic mass is 16.7. The fraction of sp³-hybridized carbons (Fsp3) is 0.889. The van der Waals surface area contributed by atoms with E-state index in [0.29, 0.717) is 13.1 Å². The molecule has 0 radical (unpaired) electrons. The molecule has 2 atom stereocenters. The number of carbonyl (C=O) groups is 1. The lowest BCUT2D eigenvalue weighted by Crippen LogP contribution is -2.51. The van der Waals surface area contributed by atoms with Gasteiger partial charge in [0.25, 0.3) is 0 Å². The zero-order valence-electron chi connectivity index (χ0n) is 17.1. The molecular weight excluding hydrogens is 333 g/mol. The van der Waals surface area contributed by atoms with Crippen LogP contribution in [0.1, 0.15) is 61.3 Å². The Hall–Kier alpha value is -1.28. The van der Waals surface area contributed by atoms with Gasteiger partial charge in [-0.05, 0) is 61.3 Å². The molecule has 3 rings (SSSR count). The minimum Gasteiger partial charge on any atom is -0.444 e. The van der Waals surface area contributed by atoms with E-state index in [-0.39, 0.29) is 36.4 Å². The number of nitrogens with one attached hydrogen (secondary N) is 1. The van der Waals surface area contributed by atoms with Crippen LogP contribution in [0.2, 0.25) is 0 Å². The normalized spacial score (nSPS) is 30.3. The van der Waals surface area contributed by atoms with Gasteiger partial charge in [0, 0.05) is 6.54 Å². The Morgan fingerprint density at radius 3 is 2.46 bits per heavy atom. The Labute approximate surface area is 157 Å². The van der Waals surface area contributed by atoms with Gasteiger partial charge < -0.3 is 19.4 Å². The Bertz CT molecular complexity index is 584. The summed E-state index contributed by atoms with van der Waals surface area (Å²) in [6, 6.07) is -0.0581. The summed E-state index contributed by atoms with van der Waals surface area (Å²) in [5.41, 5.74) is -1.23. The summed E-state index contributed by atoms with van der Waals surface area (Å²) >= 11 is 0. The molecule has 1 amide bonds. The van der Waals surface area contributed by atoms with Gasteiger partial charge in [0.05, 0.1) is 29.7 Å². The summed E-state index contributed by atoms with van der Waals surface area (Å²) in [5, 5.41) is 3.45. The number of ether oxygens (including phenoxy) is 1. The second-order valence-corrected chi connectivity index (χ2v) is 9.43. The maximum Gasteiger partial charge on any atom is 0.483 e. The van der Waals surface area contributed by atoms with Crippen LogP contribution in [0.25, 0.3) is 0 Å². The van der Waals surface area contributed by atoms with E-state index >= 15 is 0 Å². The maximum absolute atomic E-state index is 12.5. The van der Waals surface area contributed by atoms with Crippen molar-refractivity contribution in [1.29, 1.82) is 0 Å². The SMILES string of the molecule is CC(C)(C)OC(=O)N1CCC[C@@H]1C1=NCC(B2OC(C)(C)C(C)(C)O2)N1. The molecule has 3 aliphatic heterocycles. The monoisotopic (exact) mass is 365 g/mol. The second kappa shape index (κ2) is 6.41. The van der Waals surface area contributed by atoms with Crippen molar-refractivity contribution in [3.05, 3.63) is 0 Å². The lowest BCUT2D eigenvalue weighted by atomic mass is 9.79. The average Bonchev–Trinajstić information content (AvgIpc) is 3.16. The van der Waals surface area contributed by atoms with E-state index in [4.69, 9.17) is 14.0 Å². The Kier molecular flexibility index (Phi) is 4.80. The van der Waals surface area contributed by atoms with Gasteiger partial charge in [0.1, 0.15) is 11.4 Å². The summed E-state index contributed by atoms with van der Waals surface area (Å²) in [5.74, 6) is 0.806. The number of amides is 1. The van der Waals surface area contributed by atoms with Crippen molar-refractivity contribution < 1.29 is 18.8 Å². The fourth-order valence-electron chi connectivity index (χ4n) is 3.48. The Morgan fingerprint density at radius 2 is 1.88 bits per heavy atom. The molecule has 3 aliphatic rings. The average molecular weight is 365 g/mol. The van der Waals surface area contributed by atoms with Crippen molar-refractivity contribution in [3.8, 4) is 0 Å². The number of aliphatic imine (C=N–C) groups is 1. The Balaban J connectivity index is 1.62. The van der Waals surface area contributed by atoms with Crippen LogP contribution in [0, 0.1) is 0 Å². The minimum atomic E-state index is -0.500. The lowest BCUT2D eigenvalue weighted by molar-refractivity contribution is 0.00578. The third kappa shape index (κ3) is 3.72. The first-order valence-corrected chi connectivity index (χ1v) is 9.56. The zero-order valence-corrected chi connectivity index (χ0v) is 17.1. The van der Waals surface area contributed by atoms with E-state index in [9.17, 15) is 4.79 Å². The van der Waals surface area contributed by atoms with Gasteiger partial charge >= 0.3 is 13.2 Å². The molecule has 0 aromatic heterocycles. The quantitative estimate of drug-likeness (QED) is 0.761. The molecular formula is C18H32BN3O4. The number of likely N-dealkylation sites (tertiary alicyclic amines) is 1. The summed E-state index contributed by atoms with van der Waals surface area (Å²) in [7, 11) is -0.349. The highest BCUT2D eigenvalue weighted by Gasteiger charge is 2.55. The first-order valence-electron chi connectivity index (χ1n) is 9.56. The molecule has 0 aromatic rings. The van der Waals surface area contributed by atoms with E-state index in [1.165, 1.54) is 0 Å². The number of nitrogens with zero attached hydrogens (tertiary/aromatic N) is 2. The van der Waals surface area contributed by atoms with Gasteiger partial charge in [-0.25, -0.2) is 4.79 Å². The van der Waals surface area contributed by atoms with E-state index < -0.39 is 5.60 Å². The minimum absolute atomic E-state index is 0.0351. The number of carbonyl (C=O) groups excluding carboxylic acids is 1. The lowest BCUT2D eigenvalue weighted by Gasteiger charge is -2.32. The predicted octanol–water partition coefficient (Wildman–Crippen LogP) is 2.39. The van der Waals surface area contributed by atoms with E-state index in [0.717, 1.165) is 18.7 Å². The van der Waals surface area contributed by atoms with Crippen LogP contribution >= 0.6 is 0 Å². The van der Waals surface area contributed by atoms with Crippen molar-refractivity contribution in [2.45, 2.75) is 90.1 Å². The molecule has 3 heterocycles. The fourth-order valence-corrected chi connectivity index (χ4v) is 3.48. The van der Waals surface area contributed by atoms with E-state index in [2.05, 4.69) is 10.3 Å². The maximum atomic E-state index is 12.5. The molecule has 0 aromatic carbocycles. The van der Waals surface area contributed by atoms with Gasteiger partial charge in [-0.2, -0.15) is 0 Å². The first-order chi connectivity index (χ1) is 11.9. The van der Waals surface area contributed by atoms with Crippen LogP contribution < -0.4 is 5.32 Å². The van der Waals surface area contributed by atoms with E-state index in [1.54, 1.807) is 4.90 Å². The van der Waals surface area contributed by atoms with Crippen molar-refractivity contribution >= 4 is 19.0 Å². The number of rotatable bonds is 2. The molecule has 0 aliphatic carbocycles. The van der Waals surface area contributed by atoms with Crippen LogP contribution in [0.4, 0.5) is 4.79 Å². The van der Waals surface area contributed by atoms with Crippen LogP contribution in [-0.2, 0) is 14.0 Å². The van der Waals surface area contributed by atoms with Crippen molar-refractivity contribution in [1.82, 2.24) is 10.2 Å². The van der Waals surface area contributed by atoms with Crippen LogP contribution in [0.5, 0.6) is 0 Å². The Morgan fingerprint density at radius 1 is 1.27 bits per heavy atom. The number of hydrogen-bond donors (Lipinski definition) is 1. The summed E-state index contributed by atoms with van der Waals surface area (Å²) in [6.07, 6.45) is 1.57. The molecule has 0 saturated carbocycles. The van der Waals surface area contributed by atoms with Crippen LogP contribution in [-0.4, -0.2) is 65.8 Å². The highest BCUT2D eigenvalue weighted by molar-refractivity contribution is 6.48. The molecule has 0 bridgehead atoms. The summed E-state index contributed by atoms with van der Waals surface area (Å²) < 4.78 is 17.8. The molecule has 8 heteroatoms.